The summed E-state index contributed by atoms with van der Waals surface area (Å²) >= 11 is 3.98. The van der Waals surface area contributed by atoms with Gasteiger partial charge in [0.15, 0.2) is 0 Å². The van der Waals surface area contributed by atoms with Crippen LogP contribution in [0.4, 0.5) is 0 Å². The molecule has 0 bridgehead atoms. The van der Waals surface area contributed by atoms with Crippen LogP contribution < -0.4 is 0 Å². The van der Waals surface area contributed by atoms with Crippen LogP contribution in [0.5, 0.6) is 0 Å². The van der Waals surface area contributed by atoms with Crippen LogP contribution in [0.2, 0.25) is 0 Å². The Morgan fingerprint density at radius 3 is 2.00 bits per heavy atom. The van der Waals surface area contributed by atoms with E-state index in [0.717, 1.165) is 17.8 Å². The quantitative estimate of drug-likeness (QED) is 0.599. The van der Waals surface area contributed by atoms with E-state index in [0.29, 0.717) is 4.83 Å². The maximum atomic E-state index is 3.98. The summed E-state index contributed by atoms with van der Waals surface area (Å²) in [6.45, 7) is 6.84. The molecule has 2 aliphatic carbocycles. The number of hydrogen-bond donors (Lipinski definition) is 0. The Morgan fingerprint density at radius 2 is 1.53 bits per heavy atom. The molecule has 104 valence electrons. The molecule has 1 aromatic carbocycles. The summed E-state index contributed by atoms with van der Waals surface area (Å²) in [6, 6.07) is 9.31. The van der Waals surface area contributed by atoms with E-state index in [9.17, 15) is 0 Å². The van der Waals surface area contributed by atoms with Gasteiger partial charge in [0.1, 0.15) is 0 Å². The minimum atomic E-state index is 0.258. The Labute approximate surface area is 126 Å². The Kier molecular flexibility index (Phi) is 3.53. The third kappa shape index (κ3) is 2.63. The Balaban J connectivity index is 1.72. The minimum absolute atomic E-state index is 0.258. The maximum absolute atomic E-state index is 3.98. The summed E-state index contributed by atoms with van der Waals surface area (Å²) in [5, 5.41) is 0. The molecule has 0 spiro atoms. The number of rotatable bonds is 2. The van der Waals surface area contributed by atoms with Gasteiger partial charge in [-0.1, -0.05) is 73.8 Å². The molecule has 19 heavy (non-hydrogen) atoms. The predicted molar refractivity (Wildman–Crippen MR) is 85.7 cm³/mol. The highest BCUT2D eigenvalue weighted by molar-refractivity contribution is 9.09. The molecule has 0 amide bonds. The average molecular weight is 321 g/mol. The zero-order valence-electron chi connectivity index (χ0n) is 12.3. The van der Waals surface area contributed by atoms with Gasteiger partial charge in [-0.25, -0.2) is 0 Å². The van der Waals surface area contributed by atoms with E-state index in [2.05, 4.69) is 61.0 Å². The number of halogens is 1. The van der Waals surface area contributed by atoms with Gasteiger partial charge in [0.2, 0.25) is 0 Å². The Bertz CT molecular complexity index is 428. The van der Waals surface area contributed by atoms with Crippen molar-refractivity contribution < 1.29 is 0 Å². The van der Waals surface area contributed by atoms with E-state index in [-0.39, 0.29) is 5.41 Å². The smallest absolute Gasteiger partial charge is 0.0429 e. The highest BCUT2D eigenvalue weighted by Crippen LogP contribution is 2.62. The Hall–Kier alpha value is -0.300. The molecule has 0 aliphatic heterocycles. The van der Waals surface area contributed by atoms with Crippen molar-refractivity contribution in [1.82, 2.24) is 0 Å². The summed E-state index contributed by atoms with van der Waals surface area (Å²) in [5.74, 6) is 2.93. The Morgan fingerprint density at radius 1 is 1.00 bits per heavy atom. The molecule has 2 saturated carbocycles. The third-order valence-electron chi connectivity index (χ3n) is 5.16. The second-order valence-electron chi connectivity index (χ2n) is 7.46. The maximum Gasteiger partial charge on any atom is 0.0429 e. The van der Waals surface area contributed by atoms with Crippen LogP contribution in [0.1, 0.15) is 62.4 Å². The first-order chi connectivity index (χ1) is 8.98. The van der Waals surface area contributed by atoms with Gasteiger partial charge >= 0.3 is 0 Å². The van der Waals surface area contributed by atoms with Gasteiger partial charge < -0.3 is 0 Å². The van der Waals surface area contributed by atoms with Crippen molar-refractivity contribution in [2.24, 2.45) is 17.8 Å². The van der Waals surface area contributed by atoms with Crippen LogP contribution in [0.25, 0.3) is 0 Å². The first kappa shape index (κ1) is 13.7. The van der Waals surface area contributed by atoms with E-state index in [4.69, 9.17) is 0 Å². The summed E-state index contributed by atoms with van der Waals surface area (Å²) in [4.78, 5) is 0.578. The molecule has 3 rings (SSSR count). The lowest BCUT2D eigenvalue weighted by atomic mass is 9.86. The summed E-state index contributed by atoms with van der Waals surface area (Å²) in [5.41, 5.74) is 3.17. The van der Waals surface area contributed by atoms with Gasteiger partial charge in [-0.15, -0.1) is 0 Å². The zero-order valence-corrected chi connectivity index (χ0v) is 13.9. The third-order valence-corrected chi connectivity index (χ3v) is 6.29. The summed E-state index contributed by atoms with van der Waals surface area (Å²) in [7, 11) is 0. The molecule has 1 aromatic rings. The lowest BCUT2D eigenvalue weighted by Crippen LogP contribution is -2.10. The van der Waals surface area contributed by atoms with Crippen molar-refractivity contribution in [2.45, 2.75) is 56.7 Å². The molecular weight excluding hydrogens is 296 g/mol. The number of alkyl halides is 1. The second kappa shape index (κ2) is 4.91. The van der Waals surface area contributed by atoms with Crippen molar-refractivity contribution in [2.75, 3.05) is 0 Å². The topological polar surface area (TPSA) is 0 Å². The van der Waals surface area contributed by atoms with Gasteiger partial charge in [0, 0.05) is 4.83 Å². The van der Waals surface area contributed by atoms with Gasteiger partial charge in [-0.05, 0) is 47.1 Å². The molecule has 0 aromatic heterocycles. The number of fused-ring (bicyclic) bond motifs is 1. The standard InChI is InChI=1S/C18H25Br/c1-18(2,3)13-10-8-12(9-11-13)17(19)16-14-6-4-5-7-15(14)16/h8-11,14-17H,4-7H2,1-3H3. The average Bonchev–Trinajstić information content (AvgIpc) is 3.11. The van der Waals surface area contributed by atoms with E-state index in [1.54, 1.807) is 0 Å². The van der Waals surface area contributed by atoms with Gasteiger partial charge in [-0.3, -0.25) is 0 Å². The molecule has 0 saturated heterocycles. The summed E-state index contributed by atoms with van der Waals surface area (Å²) < 4.78 is 0. The monoisotopic (exact) mass is 320 g/mol. The molecule has 2 fully saturated rings. The molecule has 2 aliphatic rings. The fourth-order valence-corrected chi connectivity index (χ4v) is 4.96. The minimum Gasteiger partial charge on any atom is -0.0836 e. The van der Waals surface area contributed by atoms with Gasteiger partial charge in [0.25, 0.3) is 0 Å². The summed E-state index contributed by atoms with van der Waals surface area (Å²) in [6.07, 6.45) is 5.86. The molecule has 0 heterocycles. The molecule has 0 radical (unpaired) electrons. The van der Waals surface area contributed by atoms with Crippen molar-refractivity contribution in [3.8, 4) is 0 Å². The van der Waals surface area contributed by atoms with E-state index < -0.39 is 0 Å². The highest BCUT2D eigenvalue weighted by Gasteiger charge is 2.53. The lowest BCUT2D eigenvalue weighted by Gasteiger charge is -2.20. The van der Waals surface area contributed by atoms with Crippen molar-refractivity contribution in [1.29, 1.82) is 0 Å². The molecular formula is C18H25Br. The predicted octanol–water partition coefficient (Wildman–Crippen LogP) is 5.86. The fraction of sp³-hybridized carbons (Fsp3) is 0.667. The first-order valence-corrected chi connectivity index (χ1v) is 8.64. The van der Waals surface area contributed by atoms with Crippen LogP contribution in [0, 0.1) is 17.8 Å². The van der Waals surface area contributed by atoms with Crippen molar-refractivity contribution >= 4 is 15.9 Å². The van der Waals surface area contributed by atoms with E-state index >= 15 is 0 Å². The normalized spacial score (nSPS) is 31.7. The lowest BCUT2D eigenvalue weighted by molar-refractivity contribution is 0.480. The van der Waals surface area contributed by atoms with Crippen molar-refractivity contribution in [3.05, 3.63) is 35.4 Å². The second-order valence-corrected chi connectivity index (χ2v) is 8.45. The largest absolute Gasteiger partial charge is 0.0836 e. The number of hydrogen-bond acceptors (Lipinski definition) is 0. The molecule has 0 nitrogen and oxygen atoms in total. The van der Waals surface area contributed by atoms with E-state index in [1.807, 2.05) is 0 Å². The highest BCUT2D eigenvalue weighted by atomic mass is 79.9. The van der Waals surface area contributed by atoms with Crippen LogP contribution in [-0.4, -0.2) is 0 Å². The first-order valence-electron chi connectivity index (χ1n) is 7.73. The molecule has 1 heteroatoms. The molecule has 0 N–H and O–H groups in total. The van der Waals surface area contributed by atoms with Crippen LogP contribution >= 0.6 is 15.9 Å². The van der Waals surface area contributed by atoms with Crippen LogP contribution in [0.3, 0.4) is 0 Å². The van der Waals surface area contributed by atoms with E-state index in [1.165, 1.54) is 36.8 Å². The van der Waals surface area contributed by atoms with Gasteiger partial charge in [0.05, 0.1) is 0 Å². The zero-order chi connectivity index (χ0) is 13.6. The SMILES string of the molecule is CC(C)(C)c1ccc(C(Br)C2C3CCCCC32)cc1. The van der Waals surface area contributed by atoms with Gasteiger partial charge in [-0.2, -0.15) is 0 Å². The molecule has 3 atom stereocenters. The molecule has 3 unspecified atom stereocenters. The van der Waals surface area contributed by atoms with Crippen LogP contribution in [0.15, 0.2) is 24.3 Å². The fourth-order valence-electron chi connectivity index (χ4n) is 3.87. The van der Waals surface area contributed by atoms with Crippen LogP contribution in [-0.2, 0) is 5.41 Å². The number of benzene rings is 1. The van der Waals surface area contributed by atoms with Crippen molar-refractivity contribution in [3.63, 3.8) is 0 Å².